The molecule has 1 N–H and O–H groups in total. The van der Waals surface area contributed by atoms with Gasteiger partial charge in [0.25, 0.3) is 5.91 Å². The number of carbonyl (C=O) groups is 1. The topological polar surface area (TPSA) is 74.2 Å². The molecule has 0 aliphatic carbocycles. The third-order valence-electron chi connectivity index (χ3n) is 5.11. The third kappa shape index (κ3) is 4.51. The number of anilines is 2. The largest absolute Gasteiger partial charge is 0.353 e. The lowest BCUT2D eigenvalue weighted by molar-refractivity contribution is 0.0934. The van der Waals surface area contributed by atoms with Crippen LogP contribution >= 0.6 is 0 Å². The maximum absolute atomic E-state index is 12.5. The van der Waals surface area contributed by atoms with Gasteiger partial charge < -0.3 is 15.1 Å². The summed E-state index contributed by atoms with van der Waals surface area (Å²) in [5.74, 6) is 1.57. The zero-order chi connectivity index (χ0) is 20.1. The second kappa shape index (κ2) is 8.68. The number of nitrogens with one attached hydrogen (secondary N) is 1. The van der Waals surface area contributed by atoms with Crippen LogP contribution in [0.5, 0.6) is 0 Å². The van der Waals surface area contributed by atoms with Gasteiger partial charge in [0.1, 0.15) is 5.82 Å². The molecule has 0 bridgehead atoms. The van der Waals surface area contributed by atoms with Crippen molar-refractivity contribution in [2.24, 2.45) is 0 Å². The van der Waals surface area contributed by atoms with Crippen LogP contribution in [-0.4, -0.2) is 47.3 Å². The van der Waals surface area contributed by atoms with E-state index in [0.717, 1.165) is 43.4 Å². The molecule has 7 nitrogen and oxygen atoms in total. The van der Waals surface area contributed by atoms with Gasteiger partial charge in [0.05, 0.1) is 6.04 Å². The van der Waals surface area contributed by atoms with Crippen molar-refractivity contribution in [2.45, 2.75) is 13.0 Å². The Bertz CT molecular complexity index is 925. The minimum absolute atomic E-state index is 0.0927. The van der Waals surface area contributed by atoms with Crippen molar-refractivity contribution >= 4 is 17.5 Å². The molecule has 0 radical (unpaired) electrons. The average molecular weight is 388 g/mol. The summed E-state index contributed by atoms with van der Waals surface area (Å²) in [5, 5.41) is 11.4. The molecule has 0 saturated carbocycles. The second-order valence-electron chi connectivity index (χ2n) is 7.04. The number of aromatic nitrogens is 3. The first-order valence-electron chi connectivity index (χ1n) is 9.81. The molecule has 148 valence electrons. The molecule has 3 heterocycles. The van der Waals surface area contributed by atoms with Gasteiger partial charge in [-0.05, 0) is 36.8 Å². The van der Waals surface area contributed by atoms with Crippen LogP contribution < -0.4 is 15.1 Å². The van der Waals surface area contributed by atoms with Gasteiger partial charge in [-0.25, -0.2) is 4.98 Å². The van der Waals surface area contributed by atoms with E-state index in [9.17, 15) is 4.79 Å². The number of benzene rings is 1. The monoisotopic (exact) mass is 388 g/mol. The molecule has 1 fully saturated rings. The number of carbonyl (C=O) groups excluding carboxylic acids is 1. The summed E-state index contributed by atoms with van der Waals surface area (Å²) >= 11 is 0. The fraction of sp³-hybridized carbons (Fsp3) is 0.273. The highest BCUT2D eigenvalue weighted by Gasteiger charge is 2.20. The molecule has 29 heavy (non-hydrogen) atoms. The average Bonchev–Trinajstić information content (AvgIpc) is 2.80. The SMILES string of the molecule is CC(NC(=O)c1ccc(N2CCN(c3ccccn3)CC2)nn1)c1ccccc1. The number of rotatable bonds is 5. The molecule has 1 saturated heterocycles. The number of pyridine rings is 1. The van der Waals surface area contributed by atoms with Crippen LogP contribution in [0.3, 0.4) is 0 Å². The van der Waals surface area contributed by atoms with E-state index in [0.29, 0.717) is 5.69 Å². The lowest BCUT2D eigenvalue weighted by Gasteiger charge is -2.35. The summed E-state index contributed by atoms with van der Waals surface area (Å²) in [6.45, 7) is 5.37. The van der Waals surface area contributed by atoms with E-state index >= 15 is 0 Å². The Balaban J connectivity index is 1.34. The first kappa shape index (κ1) is 18.9. The Labute approximate surface area is 170 Å². The summed E-state index contributed by atoms with van der Waals surface area (Å²) in [7, 11) is 0. The van der Waals surface area contributed by atoms with Crippen LogP contribution in [0.25, 0.3) is 0 Å². The van der Waals surface area contributed by atoms with Gasteiger partial charge in [-0.15, -0.1) is 10.2 Å². The highest BCUT2D eigenvalue weighted by molar-refractivity contribution is 5.92. The summed E-state index contributed by atoms with van der Waals surface area (Å²) in [6, 6.07) is 19.3. The summed E-state index contributed by atoms with van der Waals surface area (Å²) in [5.41, 5.74) is 1.37. The molecule has 7 heteroatoms. The summed E-state index contributed by atoms with van der Waals surface area (Å²) < 4.78 is 0. The van der Waals surface area contributed by atoms with Crippen molar-refractivity contribution in [3.63, 3.8) is 0 Å². The van der Waals surface area contributed by atoms with Crippen LogP contribution in [0.15, 0.2) is 66.9 Å². The highest BCUT2D eigenvalue weighted by atomic mass is 16.2. The molecule has 1 unspecified atom stereocenters. The lowest BCUT2D eigenvalue weighted by Crippen LogP contribution is -2.47. The predicted octanol–water partition coefficient (Wildman–Crippen LogP) is 2.69. The molecule has 4 rings (SSSR count). The van der Waals surface area contributed by atoms with E-state index in [-0.39, 0.29) is 11.9 Å². The molecule has 0 spiro atoms. The Morgan fingerprint density at radius 1 is 0.862 bits per heavy atom. The van der Waals surface area contributed by atoms with E-state index in [1.807, 2.05) is 67.7 Å². The standard InChI is InChI=1S/C22H24N6O/c1-17(18-7-3-2-4-8-18)24-22(29)19-10-11-21(26-25-19)28-15-13-27(14-16-28)20-9-5-6-12-23-20/h2-12,17H,13-16H2,1H3,(H,24,29). The van der Waals surface area contributed by atoms with Crippen LogP contribution in [0.2, 0.25) is 0 Å². The fourth-order valence-corrected chi connectivity index (χ4v) is 3.42. The van der Waals surface area contributed by atoms with Crippen molar-refractivity contribution in [2.75, 3.05) is 36.0 Å². The molecular weight excluding hydrogens is 364 g/mol. The van der Waals surface area contributed by atoms with Crippen molar-refractivity contribution in [3.8, 4) is 0 Å². The second-order valence-corrected chi connectivity index (χ2v) is 7.04. The van der Waals surface area contributed by atoms with Gasteiger partial charge in [0.15, 0.2) is 11.5 Å². The Kier molecular flexibility index (Phi) is 5.65. The quantitative estimate of drug-likeness (QED) is 0.724. The summed E-state index contributed by atoms with van der Waals surface area (Å²) in [4.78, 5) is 21.3. The molecule has 1 aromatic carbocycles. The molecule has 2 aromatic heterocycles. The van der Waals surface area contributed by atoms with Gasteiger partial charge in [-0.1, -0.05) is 36.4 Å². The molecule has 1 atom stereocenters. The third-order valence-corrected chi connectivity index (χ3v) is 5.11. The number of amides is 1. The van der Waals surface area contributed by atoms with Gasteiger partial charge in [0, 0.05) is 32.4 Å². The van der Waals surface area contributed by atoms with E-state index in [2.05, 4.69) is 30.3 Å². The maximum Gasteiger partial charge on any atom is 0.272 e. The van der Waals surface area contributed by atoms with E-state index in [4.69, 9.17) is 0 Å². The van der Waals surface area contributed by atoms with Gasteiger partial charge in [-0.2, -0.15) is 0 Å². The molecule has 1 amide bonds. The number of piperazine rings is 1. The predicted molar refractivity (Wildman–Crippen MR) is 113 cm³/mol. The first-order chi connectivity index (χ1) is 14.2. The molecular formula is C22H24N6O. The normalized spacial score (nSPS) is 15.1. The number of hydrogen-bond donors (Lipinski definition) is 1. The Morgan fingerprint density at radius 2 is 1.55 bits per heavy atom. The molecule has 3 aromatic rings. The van der Waals surface area contributed by atoms with E-state index in [1.54, 1.807) is 6.07 Å². The zero-order valence-electron chi connectivity index (χ0n) is 16.4. The van der Waals surface area contributed by atoms with Gasteiger partial charge in [0.2, 0.25) is 0 Å². The van der Waals surface area contributed by atoms with Crippen molar-refractivity contribution in [3.05, 3.63) is 78.1 Å². The molecule has 1 aliphatic rings. The highest BCUT2D eigenvalue weighted by Crippen LogP contribution is 2.17. The lowest BCUT2D eigenvalue weighted by atomic mass is 10.1. The number of nitrogens with zero attached hydrogens (tertiary/aromatic N) is 5. The molecule has 1 aliphatic heterocycles. The number of hydrogen-bond acceptors (Lipinski definition) is 6. The van der Waals surface area contributed by atoms with Gasteiger partial charge in [-0.3, -0.25) is 4.79 Å². The minimum atomic E-state index is -0.222. The first-order valence-corrected chi connectivity index (χ1v) is 9.81. The Hall–Kier alpha value is -3.48. The zero-order valence-corrected chi connectivity index (χ0v) is 16.4. The maximum atomic E-state index is 12.5. The van der Waals surface area contributed by atoms with Crippen molar-refractivity contribution < 1.29 is 4.79 Å². The van der Waals surface area contributed by atoms with E-state index < -0.39 is 0 Å². The Morgan fingerprint density at radius 3 is 2.17 bits per heavy atom. The van der Waals surface area contributed by atoms with Gasteiger partial charge >= 0.3 is 0 Å². The van der Waals surface area contributed by atoms with Crippen molar-refractivity contribution in [1.82, 2.24) is 20.5 Å². The fourth-order valence-electron chi connectivity index (χ4n) is 3.42. The minimum Gasteiger partial charge on any atom is -0.353 e. The van der Waals surface area contributed by atoms with Crippen LogP contribution in [0.4, 0.5) is 11.6 Å². The van der Waals surface area contributed by atoms with Crippen LogP contribution in [0.1, 0.15) is 29.0 Å². The van der Waals surface area contributed by atoms with Crippen LogP contribution in [-0.2, 0) is 0 Å². The van der Waals surface area contributed by atoms with Crippen molar-refractivity contribution in [1.29, 1.82) is 0 Å². The van der Waals surface area contributed by atoms with E-state index in [1.165, 1.54) is 0 Å². The summed E-state index contributed by atoms with van der Waals surface area (Å²) in [6.07, 6.45) is 1.82. The smallest absolute Gasteiger partial charge is 0.272 e. The van der Waals surface area contributed by atoms with Crippen LogP contribution in [0, 0.1) is 0 Å².